The maximum absolute atomic E-state index is 13.2. The van der Waals surface area contributed by atoms with Gasteiger partial charge in [0.2, 0.25) is 0 Å². The highest BCUT2D eigenvalue weighted by Gasteiger charge is 2.28. The summed E-state index contributed by atoms with van der Waals surface area (Å²) in [6, 6.07) is 8.07. The van der Waals surface area contributed by atoms with E-state index >= 15 is 0 Å². The Bertz CT molecular complexity index is 800. The summed E-state index contributed by atoms with van der Waals surface area (Å²) in [5.41, 5.74) is 0.275. The molecule has 2 heterocycles. The number of halogens is 1. The van der Waals surface area contributed by atoms with Crippen LogP contribution < -0.4 is 10.6 Å². The average Bonchev–Trinajstić information content (AvgIpc) is 2.91. The maximum atomic E-state index is 13.2. The van der Waals surface area contributed by atoms with Crippen molar-refractivity contribution < 1.29 is 23.2 Å². The van der Waals surface area contributed by atoms with Crippen molar-refractivity contribution in [2.24, 2.45) is 0 Å². The van der Waals surface area contributed by atoms with Gasteiger partial charge in [0.1, 0.15) is 22.9 Å². The van der Waals surface area contributed by atoms with Gasteiger partial charge in [-0.1, -0.05) is 12.1 Å². The predicted octanol–water partition coefficient (Wildman–Crippen LogP) is 1.84. The molecule has 6 nitrogen and oxygen atoms in total. The molecule has 0 saturated carbocycles. The molecule has 0 radical (unpaired) electrons. The van der Waals surface area contributed by atoms with E-state index in [4.69, 9.17) is 4.42 Å². The van der Waals surface area contributed by atoms with Gasteiger partial charge in [-0.3, -0.25) is 20.2 Å². The largest absolute Gasteiger partial charge is 0.457 e. The van der Waals surface area contributed by atoms with E-state index in [0.29, 0.717) is 11.3 Å². The van der Waals surface area contributed by atoms with Gasteiger partial charge in [-0.2, -0.15) is 0 Å². The van der Waals surface area contributed by atoms with Crippen molar-refractivity contribution in [3.05, 3.63) is 53.5 Å². The molecule has 0 atom stereocenters. The molecule has 22 heavy (non-hydrogen) atoms. The summed E-state index contributed by atoms with van der Waals surface area (Å²) >= 11 is 0. The number of barbiturate groups is 1. The van der Waals surface area contributed by atoms with E-state index < -0.39 is 23.7 Å². The third-order valence-electron chi connectivity index (χ3n) is 2.97. The molecule has 0 aliphatic carbocycles. The van der Waals surface area contributed by atoms with Crippen LogP contribution in [0.3, 0.4) is 0 Å². The first kappa shape index (κ1) is 13.7. The van der Waals surface area contributed by atoms with Crippen LogP contribution in [0.5, 0.6) is 0 Å². The standard InChI is InChI=1S/C15H9FN2O4/c16-9-3-1-2-8(6-9)12-5-4-10(22-12)7-11-13(19)17-15(21)18-14(11)20/h1-7H,(H2,17,18,19,20,21). The van der Waals surface area contributed by atoms with Gasteiger partial charge in [-0.15, -0.1) is 0 Å². The maximum Gasteiger partial charge on any atom is 0.328 e. The van der Waals surface area contributed by atoms with E-state index in [0.717, 1.165) is 0 Å². The van der Waals surface area contributed by atoms with Crippen molar-refractivity contribution in [3.63, 3.8) is 0 Å². The van der Waals surface area contributed by atoms with Gasteiger partial charge < -0.3 is 4.42 Å². The Balaban J connectivity index is 1.91. The second-order valence-corrected chi connectivity index (χ2v) is 4.51. The molecular formula is C15H9FN2O4. The molecule has 1 fully saturated rings. The van der Waals surface area contributed by atoms with Crippen LogP contribution in [0.2, 0.25) is 0 Å². The highest BCUT2D eigenvalue weighted by molar-refractivity contribution is 6.31. The molecule has 1 aromatic heterocycles. The molecular weight excluding hydrogens is 291 g/mol. The van der Waals surface area contributed by atoms with E-state index in [9.17, 15) is 18.8 Å². The number of nitrogens with one attached hydrogen (secondary N) is 2. The molecule has 2 aromatic rings. The second kappa shape index (κ2) is 5.28. The zero-order chi connectivity index (χ0) is 15.7. The van der Waals surface area contributed by atoms with Gasteiger partial charge in [0.05, 0.1) is 0 Å². The van der Waals surface area contributed by atoms with Crippen LogP contribution in [0.25, 0.3) is 17.4 Å². The Morgan fingerprint density at radius 2 is 1.73 bits per heavy atom. The molecule has 1 aliphatic heterocycles. The lowest BCUT2D eigenvalue weighted by Crippen LogP contribution is -2.51. The Labute approximate surface area is 123 Å². The minimum absolute atomic E-state index is 0.230. The third-order valence-corrected chi connectivity index (χ3v) is 2.97. The van der Waals surface area contributed by atoms with E-state index in [1.807, 2.05) is 10.6 Å². The van der Waals surface area contributed by atoms with Crippen molar-refractivity contribution >= 4 is 23.9 Å². The summed E-state index contributed by atoms with van der Waals surface area (Å²) in [5, 5.41) is 3.91. The zero-order valence-corrected chi connectivity index (χ0v) is 11.1. The molecule has 110 valence electrons. The van der Waals surface area contributed by atoms with E-state index in [-0.39, 0.29) is 11.3 Å². The fourth-order valence-electron chi connectivity index (χ4n) is 1.98. The third kappa shape index (κ3) is 2.64. The number of imide groups is 2. The summed E-state index contributed by atoms with van der Waals surface area (Å²) in [6.45, 7) is 0. The van der Waals surface area contributed by atoms with Gasteiger partial charge in [-0.05, 0) is 30.3 Å². The Morgan fingerprint density at radius 3 is 2.41 bits per heavy atom. The molecule has 1 aromatic carbocycles. The highest BCUT2D eigenvalue weighted by atomic mass is 19.1. The van der Waals surface area contributed by atoms with Crippen LogP contribution in [0.1, 0.15) is 5.76 Å². The molecule has 4 amide bonds. The van der Waals surface area contributed by atoms with Crippen LogP contribution in [-0.4, -0.2) is 17.8 Å². The Kier molecular flexibility index (Phi) is 3.30. The normalized spacial score (nSPS) is 14.6. The number of furan rings is 1. The van der Waals surface area contributed by atoms with Crippen molar-refractivity contribution in [2.75, 3.05) is 0 Å². The van der Waals surface area contributed by atoms with Crippen LogP contribution in [0.15, 0.2) is 46.4 Å². The first-order valence-electron chi connectivity index (χ1n) is 6.27. The summed E-state index contributed by atoms with van der Waals surface area (Å²) in [7, 11) is 0. The van der Waals surface area contributed by atoms with E-state index in [2.05, 4.69) is 0 Å². The first-order chi connectivity index (χ1) is 10.5. The summed E-state index contributed by atoms with van der Waals surface area (Å²) in [5.74, 6) is -1.40. The molecule has 0 bridgehead atoms. The number of hydrogen-bond acceptors (Lipinski definition) is 4. The van der Waals surface area contributed by atoms with Gasteiger partial charge in [0.25, 0.3) is 11.8 Å². The second-order valence-electron chi connectivity index (χ2n) is 4.51. The minimum atomic E-state index is -0.868. The van der Waals surface area contributed by atoms with Gasteiger partial charge >= 0.3 is 6.03 Å². The number of carbonyl (C=O) groups excluding carboxylic acids is 3. The number of benzene rings is 1. The number of carbonyl (C=O) groups is 3. The average molecular weight is 300 g/mol. The predicted molar refractivity (Wildman–Crippen MR) is 73.8 cm³/mol. The van der Waals surface area contributed by atoms with E-state index in [1.54, 1.807) is 18.2 Å². The highest BCUT2D eigenvalue weighted by Crippen LogP contribution is 2.24. The first-order valence-corrected chi connectivity index (χ1v) is 6.27. The summed E-state index contributed by atoms with van der Waals surface area (Å²) in [4.78, 5) is 34.1. The SMILES string of the molecule is O=C1NC(=O)C(=Cc2ccc(-c3cccc(F)c3)o2)C(=O)N1. The molecule has 1 saturated heterocycles. The van der Waals surface area contributed by atoms with Crippen LogP contribution in [0.4, 0.5) is 9.18 Å². The lowest BCUT2D eigenvalue weighted by molar-refractivity contribution is -0.123. The fraction of sp³-hybridized carbons (Fsp3) is 0. The lowest BCUT2D eigenvalue weighted by Gasteiger charge is -2.13. The van der Waals surface area contributed by atoms with E-state index in [1.165, 1.54) is 24.3 Å². The number of urea groups is 1. The smallest absolute Gasteiger partial charge is 0.328 e. The molecule has 1 aliphatic rings. The van der Waals surface area contributed by atoms with Crippen molar-refractivity contribution in [2.45, 2.75) is 0 Å². The molecule has 0 spiro atoms. The van der Waals surface area contributed by atoms with Gasteiger partial charge in [0.15, 0.2) is 0 Å². The Morgan fingerprint density at radius 1 is 1.00 bits per heavy atom. The monoisotopic (exact) mass is 300 g/mol. The summed E-state index contributed by atoms with van der Waals surface area (Å²) < 4.78 is 18.6. The molecule has 3 rings (SSSR count). The summed E-state index contributed by atoms with van der Waals surface area (Å²) in [6.07, 6.45) is 1.21. The van der Waals surface area contributed by atoms with Crippen LogP contribution in [-0.2, 0) is 9.59 Å². The molecule has 7 heteroatoms. The number of rotatable bonds is 2. The lowest BCUT2D eigenvalue weighted by atomic mass is 10.1. The van der Waals surface area contributed by atoms with Crippen LogP contribution >= 0.6 is 0 Å². The number of hydrogen-bond donors (Lipinski definition) is 2. The zero-order valence-electron chi connectivity index (χ0n) is 11.1. The van der Waals surface area contributed by atoms with Crippen LogP contribution in [0, 0.1) is 5.82 Å². The molecule has 2 N–H and O–H groups in total. The quantitative estimate of drug-likeness (QED) is 0.654. The topological polar surface area (TPSA) is 88.4 Å². The minimum Gasteiger partial charge on any atom is -0.457 e. The molecule has 0 unspecified atom stereocenters. The van der Waals surface area contributed by atoms with Crippen molar-refractivity contribution in [3.8, 4) is 11.3 Å². The van der Waals surface area contributed by atoms with Gasteiger partial charge in [0, 0.05) is 5.56 Å². The van der Waals surface area contributed by atoms with Crippen molar-refractivity contribution in [1.82, 2.24) is 10.6 Å². The fourth-order valence-corrected chi connectivity index (χ4v) is 1.98. The van der Waals surface area contributed by atoms with Gasteiger partial charge in [-0.25, -0.2) is 9.18 Å². The van der Waals surface area contributed by atoms with Crippen molar-refractivity contribution in [1.29, 1.82) is 0 Å². The number of amides is 4. The Hall–Kier alpha value is -3.22.